The van der Waals surface area contributed by atoms with Gasteiger partial charge in [0.1, 0.15) is 5.69 Å². The van der Waals surface area contributed by atoms with Gasteiger partial charge in [-0.3, -0.25) is 4.79 Å². The molecule has 0 atom stereocenters. The van der Waals surface area contributed by atoms with Crippen LogP contribution < -0.4 is 4.87 Å². The normalized spacial score (nSPS) is 10.2. The molecule has 0 fully saturated rings. The van der Waals surface area contributed by atoms with E-state index in [1.807, 2.05) is 0 Å². The second kappa shape index (κ2) is 6.93. The van der Waals surface area contributed by atoms with E-state index in [0.717, 1.165) is 11.3 Å². The lowest BCUT2D eigenvalue weighted by molar-refractivity contribution is 0.0520. The zero-order valence-electron chi connectivity index (χ0n) is 8.67. The van der Waals surface area contributed by atoms with Gasteiger partial charge in [0, 0.05) is 12.0 Å². The number of thiazole rings is 1. The molecule has 1 heterocycles. The van der Waals surface area contributed by atoms with Crippen LogP contribution in [0.3, 0.4) is 0 Å². The van der Waals surface area contributed by atoms with Gasteiger partial charge >= 0.3 is 10.8 Å². The first kappa shape index (κ1) is 15.5. The summed E-state index contributed by atoms with van der Waals surface area (Å²) in [5, 5.41) is 1.44. The fraction of sp³-hybridized carbons (Fsp3) is 0.429. The second-order valence-electron chi connectivity index (χ2n) is 2.62. The molecule has 0 unspecified atom stereocenters. The predicted molar refractivity (Wildman–Crippen MR) is 65.5 cm³/mol. The molecule has 0 saturated heterocycles. The summed E-state index contributed by atoms with van der Waals surface area (Å²) in [7, 11) is 0. The molecule has 0 aliphatic heterocycles. The fourth-order valence-corrected chi connectivity index (χ4v) is 1.14. The molecule has 0 bridgehead atoms. The molecule has 6 nitrogen and oxygen atoms in total. The lowest BCUT2D eigenvalue weighted by atomic mass is 10.5. The number of esters is 1. The lowest BCUT2D eigenvalue weighted by Crippen LogP contribution is -2.07. The minimum Gasteiger partial charge on any atom is -0.461 e. The minimum absolute atomic E-state index is 0.224. The molecule has 1 rings (SSSR count). The molecule has 3 N–H and O–H groups in total. The van der Waals surface area contributed by atoms with Crippen molar-refractivity contribution in [1.29, 1.82) is 0 Å². The van der Waals surface area contributed by atoms with Crippen LogP contribution in [0.5, 0.6) is 0 Å². The zero-order valence-corrected chi connectivity index (χ0v) is 11.2. The Hall–Kier alpha value is -0.530. The number of hydrogen-bond acceptors (Lipinski definition) is 5. The fourth-order valence-electron chi connectivity index (χ4n) is 0.589. The monoisotopic (exact) mass is 285 g/mol. The Balaban J connectivity index is 0.000000385. The largest absolute Gasteiger partial charge is 0.461 e. The van der Waals surface area contributed by atoms with Crippen molar-refractivity contribution >= 4 is 35.6 Å². The van der Waals surface area contributed by atoms with Crippen LogP contribution in [0.15, 0.2) is 10.2 Å². The maximum Gasteiger partial charge on any atom is 0.355 e. The van der Waals surface area contributed by atoms with E-state index in [4.69, 9.17) is 9.79 Å². The van der Waals surface area contributed by atoms with Crippen molar-refractivity contribution in [3.05, 3.63) is 20.7 Å². The van der Waals surface area contributed by atoms with Gasteiger partial charge in [-0.1, -0.05) is 11.3 Å². The molecule has 1 aromatic rings. The first-order valence-electron chi connectivity index (χ1n) is 4.12. The average molecular weight is 285 g/mol. The van der Waals surface area contributed by atoms with E-state index in [-0.39, 0.29) is 10.6 Å². The van der Waals surface area contributed by atoms with Crippen molar-refractivity contribution < 1.29 is 19.3 Å². The highest BCUT2D eigenvalue weighted by atomic mass is 32.5. The molecule has 9 heteroatoms. The summed E-state index contributed by atoms with van der Waals surface area (Å²) in [6.45, 7) is 0.446. The van der Waals surface area contributed by atoms with Crippen LogP contribution in [0.25, 0.3) is 0 Å². The summed E-state index contributed by atoms with van der Waals surface area (Å²) in [5.41, 5.74) is 0.224. The van der Waals surface area contributed by atoms with Gasteiger partial charge in [0.05, 0.1) is 6.61 Å². The third-order valence-electron chi connectivity index (χ3n) is 1.02. The smallest absolute Gasteiger partial charge is 0.355 e. The standard InChI is InChI=1S/C6H7NO3S.CH5O2PS/c1-2-10-5(8)4-3-11-6(9)7-4;1-4(2,3)5/h3H,2H2,1H3,(H,7,9);1H3,(H2,2,3,5). The van der Waals surface area contributed by atoms with Gasteiger partial charge < -0.3 is 19.5 Å². The topological polar surface area (TPSA) is 99.6 Å². The summed E-state index contributed by atoms with van der Waals surface area (Å²) in [5.74, 6) is -0.481. The van der Waals surface area contributed by atoms with Crippen LogP contribution in [-0.4, -0.2) is 34.0 Å². The summed E-state index contributed by atoms with van der Waals surface area (Å²) < 4.78 is 4.64. The van der Waals surface area contributed by atoms with Gasteiger partial charge in [0.2, 0.25) is 0 Å². The number of aromatic nitrogens is 1. The van der Waals surface area contributed by atoms with Crippen molar-refractivity contribution in [2.75, 3.05) is 13.3 Å². The predicted octanol–water partition coefficient (Wildman–Crippen LogP) is 0.523. The molecule has 0 amide bonds. The van der Waals surface area contributed by atoms with Gasteiger partial charge in [-0.05, 0) is 18.7 Å². The van der Waals surface area contributed by atoms with Crippen molar-refractivity contribution in [1.82, 2.24) is 4.98 Å². The van der Waals surface area contributed by atoms with Gasteiger partial charge in [-0.15, -0.1) is 0 Å². The third kappa shape index (κ3) is 8.75. The van der Waals surface area contributed by atoms with E-state index in [1.165, 1.54) is 12.0 Å². The Kier molecular flexibility index (Phi) is 6.70. The summed E-state index contributed by atoms with van der Waals surface area (Å²) >= 11 is 5.00. The number of hydrogen-bond donors (Lipinski definition) is 3. The number of carbonyl (C=O) groups is 1. The molecule has 0 saturated carbocycles. The molecule has 0 radical (unpaired) electrons. The average Bonchev–Trinajstić information content (AvgIpc) is 2.49. The molecule has 0 spiro atoms. The van der Waals surface area contributed by atoms with E-state index >= 15 is 0 Å². The van der Waals surface area contributed by atoms with Gasteiger partial charge in [-0.25, -0.2) is 4.79 Å². The van der Waals surface area contributed by atoms with E-state index in [9.17, 15) is 9.59 Å². The van der Waals surface area contributed by atoms with E-state index < -0.39 is 12.5 Å². The van der Waals surface area contributed by atoms with Crippen LogP contribution in [0.4, 0.5) is 0 Å². The molecule has 0 aromatic carbocycles. The Morgan fingerprint density at radius 2 is 2.19 bits per heavy atom. The van der Waals surface area contributed by atoms with Crippen LogP contribution in [0, 0.1) is 0 Å². The van der Waals surface area contributed by atoms with E-state index in [0.29, 0.717) is 6.61 Å². The number of H-pyrrole nitrogens is 1. The molecule has 16 heavy (non-hydrogen) atoms. The van der Waals surface area contributed by atoms with Gasteiger partial charge in [0.25, 0.3) is 0 Å². The lowest BCUT2D eigenvalue weighted by Gasteiger charge is -1.95. The number of nitrogens with one attached hydrogen (secondary N) is 1. The highest BCUT2D eigenvalue weighted by Gasteiger charge is 2.07. The first-order valence-corrected chi connectivity index (χ1v) is 8.15. The van der Waals surface area contributed by atoms with Crippen molar-refractivity contribution in [3.8, 4) is 0 Å². The maximum atomic E-state index is 10.9. The molecule has 0 aliphatic rings. The summed E-state index contributed by atoms with van der Waals surface area (Å²) in [6, 6.07) is 0. The van der Waals surface area contributed by atoms with Crippen LogP contribution in [0.1, 0.15) is 17.4 Å². The number of rotatable bonds is 2. The van der Waals surface area contributed by atoms with Crippen LogP contribution in [-0.2, 0) is 16.5 Å². The SMILES string of the molecule is CCOC(=O)c1csc(=O)[nH]1.CP(O)(O)=S. The van der Waals surface area contributed by atoms with E-state index in [1.54, 1.807) is 6.92 Å². The number of carbonyl (C=O) groups excluding carboxylic acids is 1. The first-order chi connectivity index (χ1) is 7.24. The zero-order chi connectivity index (χ0) is 12.8. The second-order valence-corrected chi connectivity index (χ2v) is 7.21. The Bertz CT molecular complexity index is 426. The van der Waals surface area contributed by atoms with Crippen molar-refractivity contribution in [2.45, 2.75) is 6.92 Å². The Morgan fingerprint density at radius 3 is 2.50 bits per heavy atom. The highest BCUT2D eigenvalue weighted by Crippen LogP contribution is 2.27. The Morgan fingerprint density at radius 1 is 1.69 bits per heavy atom. The molecular weight excluding hydrogens is 273 g/mol. The molecule has 0 aliphatic carbocycles. The third-order valence-corrected chi connectivity index (χ3v) is 1.69. The van der Waals surface area contributed by atoms with Crippen LogP contribution >= 0.6 is 17.8 Å². The highest BCUT2D eigenvalue weighted by molar-refractivity contribution is 8.08. The quantitative estimate of drug-likeness (QED) is 0.541. The molecule has 92 valence electrons. The minimum atomic E-state index is -2.81. The van der Waals surface area contributed by atoms with Crippen LogP contribution in [0.2, 0.25) is 0 Å². The van der Waals surface area contributed by atoms with Crippen molar-refractivity contribution in [3.63, 3.8) is 0 Å². The summed E-state index contributed by atoms with van der Waals surface area (Å²) in [6.07, 6.45) is 0. The summed E-state index contributed by atoms with van der Waals surface area (Å²) in [4.78, 5) is 39.5. The number of aromatic amines is 1. The van der Waals surface area contributed by atoms with Crippen molar-refractivity contribution in [2.24, 2.45) is 0 Å². The Labute approximate surface area is 101 Å². The molecular formula is C7H12NO5PS2. The van der Waals surface area contributed by atoms with Gasteiger partial charge in [-0.2, -0.15) is 0 Å². The van der Waals surface area contributed by atoms with Gasteiger partial charge in [0.15, 0.2) is 6.49 Å². The van der Waals surface area contributed by atoms with E-state index in [2.05, 4.69) is 21.5 Å². The maximum absolute atomic E-state index is 10.9. The molecule has 1 aromatic heterocycles. The number of ether oxygens (including phenoxy) is 1.